The first kappa shape index (κ1) is 21.4. The number of amides is 1. The third-order valence-electron chi connectivity index (χ3n) is 4.41. The van der Waals surface area contributed by atoms with Crippen LogP contribution in [0.3, 0.4) is 0 Å². The van der Waals surface area contributed by atoms with Gasteiger partial charge in [-0.25, -0.2) is 4.79 Å². The van der Waals surface area contributed by atoms with E-state index < -0.39 is 5.97 Å². The van der Waals surface area contributed by atoms with Crippen molar-refractivity contribution in [2.45, 2.75) is 13.5 Å². The molecule has 6 nitrogen and oxygen atoms in total. The third-order valence-corrected chi connectivity index (χ3v) is 4.82. The van der Waals surface area contributed by atoms with Crippen molar-refractivity contribution in [3.63, 3.8) is 0 Å². The average molecular weight is 425 g/mol. The monoisotopic (exact) mass is 424 g/mol. The van der Waals surface area contributed by atoms with Gasteiger partial charge in [-0.2, -0.15) is 0 Å². The van der Waals surface area contributed by atoms with E-state index in [4.69, 9.17) is 21.4 Å². The van der Waals surface area contributed by atoms with Crippen LogP contribution in [0.5, 0.6) is 0 Å². The summed E-state index contributed by atoms with van der Waals surface area (Å²) in [5.74, 6) is -1.27. The molecule has 3 N–H and O–H groups in total. The number of carboxylic acid groups (broad SMARTS) is 1. The number of ether oxygens (including phenoxy) is 1. The molecule has 0 atom stereocenters. The molecule has 7 heteroatoms. The van der Waals surface area contributed by atoms with Crippen LogP contribution in [-0.2, 0) is 16.1 Å². The van der Waals surface area contributed by atoms with Crippen molar-refractivity contribution in [1.29, 1.82) is 0 Å². The Hall–Kier alpha value is -3.35. The highest BCUT2D eigenvalue weighted by Crippen LogP contribution is 2.28. The van der Waals surface area contributed by atoms with Gasteiger partial charge in [-0.05, 0) is 54.4 Å². The summed E-state index contributed by atoms with van der Waals surface area (Å²) in [7, 11) is 0. The highest BCUT2D eigenvalue weighted by atomic mass is 35.5. The van der Waals surface area contributed by atoms with E-state index in [-0.39, 0.29) is 19.1 Å². The number of anilines is 3. The number of para-hydroxylation sites is 1. The van der Waals surface area contributed by atoms with E-state index in [1.807, 2.05) is 37.3 Å². The van der Waals surface area contributed by atoms with E-state index in [0.717, 1.165) is 16.8 Å². The van der Waals surface area contributed by atoms with Crippen molar-refractivity contribution in [2.24, 2.45) is 0 Å². The predicted octanol–water partition coefficient (Wildman–Crippen LogP) is 5.25. The third kappa shape index (κ3) is 5.59. The van der Waals surface area contributed by atoms with Crippen LogP contribution in [0.1, 0.15) is 21.5 Å². The highest BCUT2D eigenvalue weighted by molar-refractivity contribution is 6.31. The zero-order chi connectivity index (χ0) is 21.5. The molecule has 0 aromatic heterocycles. The Labute approximate surface area is 179 Å². The van der Waals surface area contributed by atoms with E-state index in [1.165, 1.54) is 0 Å². The van der Waals surface area contributed by atoms with Crippen LogP contribution in [0.15, 0.2) is 66.7 Å². The molecular formula is C23H21ClN2O4. The fraction of sp³-hybridized carbons (Fsp3) is 0.130. The molecule has 0 heterocycles. The average Bonchev–Trinajstić information content (AvgIpc) is 2.73. The second-order valence-corrected chi connectivity index (χ2v) is 7.03. The van der Waals surface area contributed by atoms with Gasteiger partial charge in [0.25, 0.3) is 5.91 Å². The number of benzene rings is 3. The summed E-state index contributed by atoms with van der Waals surface area (Å²) in [6.45, 7) is 1.75. The topological polar surface area (TPSA) is 87.7 Å². The Balaban J connectivity index is 1.70. The number of carbonyl (C=O) groups is 2. The lowest BCUT2D eigenvalue weighted by Gasteiger charge is -2.14. The van der Waals surface area contributed by atoms with Gasteiger partial charge in [0.15, 0.2) is 0 Å². The fourth-order valence-corrected chi connectivity index (χ4v) is 2.99. The summed E-state index contributed by atoms with van der Waals surface area (Å²) < 4.78 is 5.06. The molecule has 0 radical (unpaired) electrons. The molecule has 3 rings (SSSR count). The fourth-order valence-electron chi connectivity index (χ4n) is 2.82. The lowest BCUT2D eigenvalue weighted by Crippen LogP contribution is -2.14. The number of carboxylic acids is 1. The number of aliphatic carboxylic acids is 1. The molecule has 0 bridgehead atoms. The zero-order valence-electron chi connectivity index (χ0n) is 16.3. The maximum atomic E-state index is 12.8. The standard InChI is InChI=1S/C23H21ClN2O4/c1-15-19(24)6-4-8-20(15)26-21-7-3-2-5-18(21)23(29)25-17-11-9-16(10-12-17)13-30-14-22(27)28/h2-12,26H,13-14H2,1H3,(H,25,29)(H,27,28). The van der Waals surface area contributed by atoms with Crippen LogP contribution in [0.4, 0.5) is 17.1 Å². The number of nitrogens with one attached hydrogen (secondary N) is 2. The van der Waals surface area contributed by atoms with Crippen LogP contribution in [0, 0.1) is 6.92 Å². The van der Waals surface area contributed by atoms with Crippen LogP contribution in [0.2, 0.25) is 5.02 Å². The van der Waals surface area contributed by atoms with Crippen molar-refractivity contribution in [1.82, 2.24) is 0 Å². The van der Waals surface area contributed by atoms with Crippen molar-refractivity contribution < 1.29 is 19.4 Å². The van der Waals surface area contributed by atoms with Gasteiger partial charge >= 0.3 is 5.97 Å². The smallest absolute Gasteiger partial charge is 0.329 e. The van der Waals surface area contributed by atoms with Crippen LogP contribution in [0.25, 0.3) is 0 Å². The molecular weight excluding hydrogens is 404 g/mol. The number of hydrogen-bond donors (Lipinski definition) is 3. The van der Waals surface area contributed by atoms with Gasteiger partial charge in [-0.3, -0.25) is 4.79 Å². The maximum absolute atomic E-state index is 12.8. The highest BCUT2D eigenvalue weighted by Gasteiger charge is 2.13. The first-order valence-corrected chi connectivity index (χ1v) is 9.63. The number of halogens is 1. The van der Waals surface area contributed by atoms with Gasteiger partial charge in [-0.15, -0.1) is 0 Å². The Morgan fingerprint density at radius 2 is 1.67 bits per heavy atom. The van der Waals surface area contributed by atoms with Gasteiger partial charge in [0.2, 0.25) is 0 Å². The quantitative estimate of drug-likeness (QED) is 0.460. The van der Waals surface area contributed by atoms with E-state index >= 15 is 0 Å². The molecule has 3 aromatic rings. The van der Waals surface area contributed by atoms with Gasteiger partial charge < -0.3 is 20.5 Å². The minimum atomic E-state index is -1.01. The van der Waals surface area contributed by atoms with Crippen LogP contribution < -0.4 is 10.6 Å². The molecule has 0 unspecified atom stereocenters. The molecule has 0 aliphatic carbocycles. The molecule has 0 spiro atoms. The summed E-state index contributed by atoms with van der Waals surface area (Å²) in [4.78, 5) is 23.3. The van der Waals surface area contributed by atoms with Gasteiger partial charge in [0.05, 0.1) is 17.9 Å². The van der Waals surface area contributed by atoms with Gasteiger partial charge in [-0.1, -0.05) is 41.9 Å². The van der Waals surface area contributed by atoms with Gasteiger partial charge in [0, 0.05) is 16.4 Å². The second-order valence-electron chi connectivity index (χ2n) is 6.62. The molecule has 0 saturated heterocycles. The summed E-state index contributed by atoms with van der Waals surface area (Å²) in [5.41, 5.74) is 4.32. The Bertz CT molecular complexity index is 1050. The maximum Gasteiger partial charge on any atom is 0.329 e. The lowest BCUT2D eigenvalue weighted by molar-refractivity contribution is -0.142. The molecule has 3 aromatic carbocycles. The summed E-state index contributed by atoms with van der Waals surface area (Å²) in [5, 5.41) is 15.4. The zero-order valence-corrected chi connectivity index (χ0v) is 17.1. The first-order valence-electron chi connectivity index (χ1n) is 9.25. The van der Waals surface area contributed by atoms with Crippen molar-refractivity contribution in [3.05, 3.63) is 88.4 Å². The molecule has 0 fully saturated rings. The second kappa shape index (κ2) is 9.91. The molecule has 1 amide bonds. The Morgan fingerprint density at radius 3 is 2.40 bits per heavy atom. The molecule has 0 aliphatic heterocycles. The summed E-state index contributed by atoms with van der Waals surface area (Å²) in [6, 6.07) is 19.8. The molecule has 154 valence electrons. The molecule has 0 saturated carbocycles. The van der Waals surface area contributed by atoms with Crippen LogP contribution >= 0.6 is 11.6 Å². The first-order chi connectivity index (χ1) is 14.4. The van der Waals surface area contributed by atoms with Crippen molar-refractivity contribution >= 4 is 40.5 Å². The van der Waals surface area contributed by atoms with E-state index in [1.54, 1.807) is 36.4 Å². The van der Waals surface area contributed by atoms with E-state index in [2.05, 4.69) is 10.6 Å². The van der Waals surface area contributed by atoms with E-state index in [9.17, 15) is 9.59 Å². The summed E-state index contributed by atoms with van der Waals surface area (Å²) in [6.07, 6.45) is 0. The Kier molecular flexibility index (Phi) is 7.06. The predicted molar refractivity (Wildman–Crippen MR) is 118 cm³/mol. The Morgan fingerprint density at radius 1 is 0.967 bits per heavy atom. The molecule has 0 aliphatic rings. The number of hydrogen-bond acceptors (Lipinski definition) is 4. The summed E-state index contributed by atoms with van der Waals surface area (Å²) >= 11 is 6.19. The van der Waals surface area contributed by atoms with Gasteiger partial charge in [0.1, 0.15) is 6.61 Å². The minimum Gasteiger partial charge on any atom is -0.480 e. The minimum absolute atomic E-state index is 0.187. The van der Waals surface area contributed by atoms with E-state index in [0.29, 0.717) is 22.0 Å². The van der Waals surface area contributed by atoms with Crippen LogP contribution in [-0.4, -0.2) is 23.6 Å². The van der Waals surface area contributed by atoms with Crippen molar-refractivity contribution in [2.75, 3.05) is 17.2 Å². The number of rotatable bonds is 8. The number of carbonyl (C=O) groups excluding carboxylic acids is 1. The van der Waals surface area contributed by atoms with Crippen molar-refractivity contribution in [3.8, 4) is 0 Å². The normalized spacial score (nSPS) is 10.5. The largest absolute Gasteiger partial charge is 0.480 e. The SMILES string of the molecule is Cc1c(Cl)cccc1Nc1ccccc1C(=O)Nc1ccc(COCC(=O)O)cc1. The lowest BCUT2D eigenvalue weighted by atomic mass is 10.1. The molecule has 30 heavy (non-hydrogen) atoms.